The molecule has 1 amide bonds. The number of aliphatic hydroxyl groups is 1. The van der Waals surface area contributed by atoms with Crippen LogP contribution in [0.2, 0.25) is 0 Å². The molecule has 0 saturated carbocycles. The summed E-state index contributed by atoms with van der Waals surface area (Å²) in [5.41, 5.74) is 4.85. The first-order valence-corrected chi connectivity index (χ1v) is 10.2. The number of carbonyl (C=O) groups excluding carboxylic acids is 1. The SMILES string of the molecule is Cc1c(CCCO)nc2ccc(NC(=O)c3ccc(OCc4ccccn4)cc3)cn12. The fourth-order valence-electron chi connectivity index (χ4n) is 3.31. The molecule has 3 heterocycles. The van der Waals surface area contributed by atoms with E-state index >= 15 is 0 Å². The van der Waals surface area contributed by atoms with Crippen LogP contribution in [0.25, 0.3) is 5.65 Å². The van der Waals surface area contributed by atoms with Gasteiger partial charge in [0.1, 0.15) is 18.0 Å². The number of benzene rings is 1. The smallest absolute Gasteiger partial charge is 0.255 e. The predicted octanol–water partition coefficient (Wildman–Crippen LogP) is 3.79. The Balaban J connectivity index is 1.41. The second-order valence-electron chi connectivity index (χ2n) is 7.21. The zero-order chi connectivity index (χ0) is 21.6. The number of carbonyl (C=O) groups is 1. The zero-order valence-electron chi connectivity index (χ0n) is 17.3. The summed E-state index contributed by atoms with van der Waals surface area (Å²) in [7, 11) is 0. The molecule has 0 aliphatic heterocycles. The van der Waals surface area contributed by atoms with Crippen molar-refractivity contribution in [1.29, 1.82) is 0 Å². The van der Waals surface area contributed by atoms with E-state index in [0.29, 0.717) is 30.0 Å². The summed E-state index contributed by atoms with van der Waals surface area (Å²) < 4.78 is 7.67. The molecule has 0 spiro atoms. The molecule has 7 heteroatoms. The van der Waals surface area contributed by atoms with Crippen LogP contribution in [-0.4, -0.2) is 32.0 Å². The van der Waals surface area contributed by atoms with Gasteiger partial charge in [0.2, 0.25) is 0 Å². The van der Waals surface area contributed by atoms with E-state index in [1.807, 2.05) is 47.9 Å². The first-order valence-electron chi connectivity index (χ1n) is 10.2. The van der Waals surface area contributed by atoms with E-state index < -0.39 is 0 Å². The van der Waals surface area contributed by atoms with Crippen LogP contribution >= 0.6 is 0 Å². The number of rotatable bonds is 8. The topological polar surface area (TPSA) is 88.8 Å². The number of aryl methyl sites for hydroxylation is 2. The molecule has 7 nitrogen and oxygen atoms in total. The number of aliphatic hydroxyl groups excluding tert-OH is 1. The van der Waals surface area contributed by atoms with E-state index in [2.05, 4.69) is 15.3 Å². The highest BCUT2D eigenvalue weighted by Gasteiger charge is 2.11. The zero-order valence-corrected chi connectivity index (χ0v) is 17.3. The van der Waals surface area contributed by atoms with Gasteiger partial charge in [-0.15, -0.1) is 0 Å². The van der Waals surface area contributed by atoms with Crippen molar-refractivity contribution >= 4 is 17.2 Å². The fraction of sp³-hybridized carbons (Fsp3) is 0.208. The van der Waals surface area contributed by atoms with Crippen LogP contribution in [-0.2, 0) is 13.0 Å². The molecular weight excluding hydrogens is 392 g/mol. The van der Waals surface area contributed by atoms with Gasteiger partial charge in [0.25, 0.3) is 5.91 Å². The summed E-state index contributed by atoms with van der Waals surface area (Å²) >= 11 is 0. The van der Waals surface area contributed by atoms with Crippen molar-refractivity contribution in [2.45, 2.75) is 26.4 Å². The van der Waals surface area contributed by atoms with Crippen molar-refractivity contribution in [2.24, 2.45) is 0 Å². The van der Waals surface area contributed by atoms with Crippen LogP contribution in [0.1, 0.15) is 33.9 Å². The molecular formula is C24H24N4O3. The van der Waals surface area contributed by atoms with Gasteiger partial charge in [0.05, 0.1) is 17.1 Å². The van der Waals surface area contributed by atoms with E-state index in [-0.39, 0.29) is 12.5 Å². The average Bonchev–Trinajstić information content (AvgIpc) is 3.12. The van der Waals surface area contributed by atoms with Crippen LogP contribution in [0.15, 0.2) is 67.0 Å². The summed E-state index contributed by atoms with van der Waals surface area (Å²) in [6.07, 6.45) is 4.99. The van der Waals surface area contributed by atoms with Crippen molar-refractivity contribution in [3.05, 3.63) is 89.6 Å². The number of amides is 1. The lowest BCUT2D eigenvalue weighted by molar-refractivity contribution is 0.102. The maximum Gasteiger partial charge on any atom is 0.255 e. The summed E-state index contributed by atoms with van der Waals surface area (Å²) in [6, 6.07) is 16.4. The lowest BCUT2D eigenvalue weighted by atomic mass is 10.2. The van der Waals surface area contributed by atoms with Gasteiger partial charge in [-0.25, -0.2) is 4.98 Å². The third-order valence-electron chi connectivity index (χ3n) is 5.01. The van der Waals surface area contributed by atoms with Crippen molar-refractivity contribution in [3.8, 4) is 5.75 Å². The third-order valence-corrected chi connectivity index (χ3v) is 5.01. The minimum atomic E-state index is -0.200. The fourth-order valence-corrected chi connectivity index (χ4v) is 3.31. The molecule has 4 aromatic rings. The number of anilines is 1. The highest BCUT2D eigenvalue weighted by Crippen LogP contribution is 2.19. The van der Waals surface area contributed by atoms with E-state index in [1.54, 1.807) is 30.5 Å². The number of nitrogens with zero attached hydrogens (tertiary/aromatic N) is 3. The normalized spacial score (nSPS) is 10.9. The molecule has 1 aromatic carbocycles. The Morgan fingerprint density at radius 2 is 1.97 bits per heavy atom. The van der Waals surface area contributed by atoms with Crippen LogP contribution < -0.4 is 10.1 Å². The monoisotopic (exact) mass is 416 g/mol. The van der Waals surface area contributed by atoms with Gasteiger partial charge in [-0.3, -0.25) is 9.78 Å². The lowest BCUT2D eigenvalue weighted by Crippen LogP contribution is -2.12. The summed E-state index contributed by atoms with van der Waals surface area (Å²) in [5.74, 6) is 0.474. The second kappa shape index (κ2) is 9.40. The van der Waals surface area contributed by atoms with Gasteiger partial charge in [0, 0.05) is 30.3 Å². The Kier molecular flexibility index (Phi) is 6.24. The lowest BCUT2D eigenvalue weighted by Gasteiger charge is -2.08. The summed E-state index contributed by atoms with van der Waals surface area (Å²) in [6.45, 7) is 2.50. The maximum atomic E-state index is 12.7. The minimum Gasteiger partial charge on any atom is -0.487 e. The third kappa shape index (κ3) is 4.90. The highest BCUT2D eigenvalue weighted by molar-refractivity contribution is 6.04. The van der Waals surface area contributed by atoms with Crippen molar-refractivity contribution < 1.29 is 14.6 Å². The number of hydrogen-bond acceptors (Lipinski definition) is 5. The van der Waals surface area contributed by atoms with E-state index in [4.69, 9.17) is 9.84 Å². The predicted molar refractivity (Wildman–Crippen MR) is 118 cm³/mol. The molecule has 158 valence electrons. The van der Waals surface area contributed by atoms with Gasteiger partial charge < -0.3 is 19.6 Å². The largest absolute Gasteiger partial charge is 0.487 e. The quantitative estimate of drug-likeness (QED) is 0.456. The molecule has 4 rings (SSSR count). The molecule has 0 radical (unpaired) electrons. The highest BCUT2D eigenvalue weighted by atomic mass is 16.5. The number of imidazole rings is 1. The minimum absolute atomic E-state index is 0.140. The van der Waals surface area contributed by atoms with Gasteiger partial charge in [0.15, 0.2) is 0 Å². The van der Waals surface area contributed by atoms with E-state index in [0.717, 1.165) is 29.1 Å². The molecule has 0 saturated heterocycles. The standard InChI is InChI=1S/C24H24N4O3/c1-17-22(6-4-14-29)27-23-12-9-19(15-28(17)23)26-24(30)18-7-10-21(11-8-18)31-16-20-5-2-3-13-25-20/h2-3,5,7-13,15,29H,4,6,14,16H2,1H3,(H,26,30). The number of fused-ring (bicyclic) bond motifs is 1. The van der Waals surface area contributed by atoms with E-state index in [9.17, 15) is 4.79 Å². The van der Waals surface area contributed by atoms with Gasteiger partial charge in [-0.05, 0) is 68.3 Å². The molecule has 0 unspecified atom stereocenters. The molecule has 0 bridgehead atoms. The van der Waals surface area contributed by atoms with Crippen LogP contribution in [0.5, 0.6) is 5.75 Å². The van der Waals surface area contributed by atoms with Gasteiger partial charge in [-0.2, -0.15) is 0 Å². The molecule has 31 heavy (non-hydrogen) atoms. The summed E-state index contributed by atoms with van der Waals surface area (Å²) in [4.78, 5) is 21.5. The average molecular weight is 416 g/mol. The van der Waals surface area contributed by atoms with Crippen LogP contribution in [0, 0.1) is 6.92 Å². The van der Waals surface area contributed by atoms with E-state index in [1.165, 1.54) is 0 Å². The molecule has 2 N–H and O–H groups in total. The second-order valence-corrected chi connectivity index (χ2v) is 7.21. The number of ether oxygens (including phenoxy) is 1. The van der Waals surface area contributed by atoms with Gasteiger partial charge >= 0.3 is 0 Å². The Morgan fingerprint density at radius 1 is 1.13 bits per heavy atom. The van der Waals surface area contributed by atoms with Crippen LogP contribution in [0.3, 0.4) is 0 Å². The first kappa shape index (κ1) is 20.6. The van der Waals surface area contributed by atoms with Crippen molar-refractivity contribution in [3.63, 3.8) is 0 Å². The Bertz CT molecular complexity index is 1170. The molecule has 0 fully saturated rings. The summed E-state index contributed by atoms with van der Waals surface area (Å²) in [5, 5.41) is 12.0. The van der Waals surface area contributed by atoms with Gasteiger partial charge in [-0.1, -0.05) is 6.07 Å². The maximum absolute atomic E-state index is 12.7. The Hall–Kier alpha value is -3.71. The number of aromatic nitrogens is 3. The first-order chi connectivity index (χ1) is 15.1. The molecule has 0 aliphatic carbocycles. The number of hydrogen-bond donors (Lipinski definition) is 2. The van der Waals surface area contributed by atoms with Crippen LogP contribution in [0.4, 0.5) is 5.69 Å². The number of pyridine rings is 2. The molecule has 0 aliphatic rings. The molecule has 0 atom stereocenters. The number of nitrogens with one attached hydrogen (secondary N) is 1. The van der Waals surface area contributed by atoms with Crippen molar-refractivity contribution in [1.82, 2.24) is 14.4 Å². The molecule has 3 aromatic heterocycles. The Morgan fingerprint density at radius 3 is 2.71 bits per heavy atom. The van der Waals surface area contributed by atoms with Crippen molar-refractivity contribution in [2.75, 3.05) is 11.9 Å². The Labute approximate surface area is 180 Å².